The normalized spacial score (nSPS) is 14.3. The Balaban J connectivity index is 2.76. The molecule has 0 saturated heterocycles. The van der Waals surface area contributed by atoms with E-state index in [0.717, 1.165) is 6.26 Å². The highest BCUT2D eigenvalue weighted by molar-refractivity contribution is 7.90. The van der Waals surface area contributed by atoms with Gasteiger partial charge in [-0.2, -0.15) is 0 Å². The predicted molar refractivity (Wildman–Crippen MR) is 71.9 cm³/mol. The van der Waals surface area contributed by atoms with E-state index in [1.807, 2.05) is 0 Å². The molecular formula is C11H17NO5S2. The lowest BCUT2D eigenvalue weighted by Gasteiger charge is -2.11. The van der Waals surface area contributed by atoms with Crippen molar-refractivity contribution in [2.45, 2.75) is 23.6 Å². The summed E-state index contributed by atoms with van der Waals surface area (Å²) in [5, 5.41) is 7.92. The van der Waals surface area contributed by atoms with Gasteiger partial charge < -0.3 is 5.11 Å². The molecule has 2 N–H and O–H groups in total. The number of hydrogen-bond donors (Lipinski definition) is 2. The smallest absolute Gasteiger partial charge is 0.216 e. The molecule has 0 amide bonds. The fourth-order valence-electron chi connectivity index (χ4n) is 1.28. The van der Waals surface area contributed by atoms with Crippen LogP contribution in [-0.4, -0.2) is 40.1 Å². The Morgan fingerprint density at radius 3 is 2.11 bits per heavy atom. The maximum Gasteiger partial charge on any atom is 0.216 e. The summed E-state index contributed by atoms with van der Waals surface area (Å²) < 4.78 is 48.0. The van der Waals surface area contributed by atoms with E-state index < -0.39 is 31.7 Å². The van der Waals surface area contributed by atoms with Crippen molar-refractivity contribution in [1.29, 1.82) is 0 Å². The number of aliphatic hydroxyl groups is 1. The minimum atomic E-state index is -3.57. The summed E-state index contributed by atoms with van der Waals surface area (Å²) in [5.74, 6) is 0. The summed E-state index contributed by atoms with van der Waals surface area (Å²) in [6, 6.07) is 5.94. The first-order valence-electron chi connectivity index (χ1n) is 5.55. The largest absolute Gasteiger partial charge is 0.395 e. The molecule has 0 saturated carbocycles. The van der Waals surface area contributed by atoms with Crippen LogP contribution >= 0.6 is 0 Å². The molecule has 1 aromatic carbocycles. The molecule has 0 radical (unpaired) electrons. The third-order valence-corrected chi connectivity index (χ3v) is 5.50. The molecule has 1 aromatic rings. The van der Waals surface area contributed by atoms with Crippen LogP contribution in [0.25, 0.3) is 0 Å². The van der Waals surface area contributed by atoms with Gasteiger partial charge in [-0.3, -0.25) is 0 Å². The Kier molecular flexibility index (Phi) is 5.08. The number of sulfone groups is 1. The zero-order chi connectivity index (χ0) is 14.7. The van der Waals surface area contributed by atoms with E-state index in [0.29, 0.717) is 5.56 Å². The molecule has 8 heteroatoms. The molecule has 108 valence electrons. The first-order chi connectivity index (χ1) is 8.66. The third kappa shape index (κ3) is 4.57. The molecule has 1 rings (SSSR count). The van der Waals surface area contributed by atoms with Gasteiger partial charge in [0.25, 0.3) is 0 Å². The van der Waals surface area contributed by atoms with Gasteiger partial charge in [-0.25, -0.2) is 21.6 Å². The topological polar surface area (TPSA) is 101 Å². The van der Waals surface area contributed by atoms with Gasteiger partial charge in [-0.05, 0) is 24.6 Å². The first kappa shape index (κ1) is 16.1. The number of sulfonamides is 1. The minimum absolute atomic E-state index is 0.0523. The summed E-state index contributed by atoms with van der Waals surface area (Å²) in [4.78, 5) is 0.183. The Hall–Kier alpha value is -0.960. The van der Waals surface area contributed by atoms with Crippen molar-refractivity contribution in [1.82, 2.24) is 4.72 Å². The molecule has 1 unspecified atom stereocenters. The molecule has 6 nitrogen and oxygen atoms in total. The number of nitrogens with one attached hydrogen (secondary N) is 1. The minimum Gasteiger partial charge on any atom is -0.395 e. The van der Waals surface area contributed by atoms with Crippen LogP contribution in [0.3, 0.4) is 0 Å². The molecule has 0 heterocycles. The molecule has 0 fully saturated rings. The maximum atomic E-state index is 11.6. The first-order valence-corrected chi connectivity index (χ1v) is 8.99. The summed E-state index contributed by atoms with van der Waals surface area (Å²) >= 11 is 0. The fourth-order valence-corrected chi connectivity index (χ4v) is 2.76. The van der Waals surface area contributed by atoms with Gasteiger partial charge in [0.2, 0.25) is 10.0 Å². The van der Waals surface area contributed by atoms with E-state index in [2.05, 4.69) is 4.72 Å². The molecule has 0 spiro atoms. The highest BCUT2D eigenvalue weighted by Crippen LogP contribution is 2.10. The van der Waals surface area contributed by atoms with Crippen LogP contribution in [0.1, 0.15) is 12.5 Å². The zero-order valence-corrected chi connectivity index (χ0v) is 12.3. The van der Waals surface area contributed by atoms with Crippen molar-refractivity contribution in [2.75, 3.05) is 12.9 Å². The monoisotopic (exact) mass is 307 g/mol. The van der Waals surface area contributed by atoms with Gasteiger partial charge in [-0.1, -0.05) is 12.1 Å². The second kappa shape index (κ2) is 6.00. The van der Waals surface area contributed by atoms with Crippen LogP contribution in [0.5, 0.6) is 0 Å². The van der Waals surface area contributed by atoms with E-state index in [4.69, 9.17) is 5.11 Å². The summed E-state index contributed by atoms with van der Waals surface area (Å²) in [5.41, 5.74) is 0.640. The van der Waals surface area contributed by atoms with E-state index in [-0.39, 0.29) is 11.4 Å². The highest BCUT2D eigenvalue weighted by atomic mass is 32.2. The SMILES string of the molecule is CC(CO)S(=O)(=O)NCc1ccc(S(C)(=O)=O)cc1. The van der Waals surface area contributed by atoms with Gasteiger partial charge in [-0.15, -0.1) is 0 Å². The van der Waals surface area contributed by atoms with Crippen LogP contribution in [0.4, 0.5) is 0 Å². The third-order valence-electron chi connectivity index (χ3n) is 2.62. The van der Waals surface area contributed by atoms with Crippen molar-refractivity contribution in [2.24, 2.45) is 0 Å². The van der Waals surface area contributed by atoms with Crippen LogP contribution in [0.2, 0.25) is 0 Å². The van der Waals surface area contributed by atoms with Gasteiger partial charge in [0.15, 0.2) is 9.84 Å². The molecule has 1 atom stereocenters. The number of benzene rings is 1. The van der Waals surface area contributed by atoms with E-state index in [1.165, 1.54) is 19.1 Å². The quantitative estimate of drug-likeness (QED) is 0.764. The van der Waals surface area contributed by atoms with Gasteiger partial charge in [0.1, 0.15) is 0 Å². The lowest BCUT2D eigenvalue weighted by Crippen LogP contribution is -2.34. The van der Waals surface area contributed by atoms with Crippen molar-refractivity contribution in [3.63, 3.8) is 0 Å². The molecule has 0 aliphatic rings. The average molecular weight is 307 g/mol. The van der Waals surface area contributed by atoms with Crippen LogP contribution in [0.15, 0.2) is 29.2 Å². The molecule has 0 aromatic heterocycles. The second-order valence-corrected chi connectivity index (χ2v) is 8.47. The molecule has 0 aliphatic heterocycles. The van der Waals surface area contributed by atoms with Gasteiger partial charge in [0, 0.05) is 12.8 Å². The Bertz CT molecular complexity index is 620. The maximum absolute atomic E-state index is 11.6. The summed E-state index contributed by atoms with van der Waals surface area (Å²) in [6.07, 6.45) is 1.10. The van der Waals surface area contributed by atoms with Crippen LogP contribution < -0.4 is 4.72 Å². The number of hydrogen-bond acceptors (Lipinski definition) is 5. The average Bonchev–Trinajstić information content (AvgIpc) is 2.35. The second-order valence-electron chi connectivity index (χ2n) is 4.28. The molecular weight excluding hydrogens is 290 g/mol. The number of aliphatic hydroxyl groups excluding tert-OH is 1. The van der Waals surface area contributed by atoms with Crippen LogP contribution in [-0.2, 0) is 26.4 Å². The molecule has 19 heavy (non-hydrogen) atoms. The standard InChI is InChI=1S/C11H17NO5S2/c1-9(8-13)19(16,17)12-7-10-3-5-11(6-4-10)18(2,14)15/h3-6,9,12-13H,7-8H2,1-2H3. The van der Waals surface area contributed by atoms with Crippen LogP contribution in [0, 0.1) is 0 Å². The number of rotatable bonds is 6. The van der Waals surface area contributed by atoms with E-state index in [9.17, 15) is 16.8 Å². The van der Waals surface area contributed by atoms with Gasteiger partial charge >= 0.3 is 0 Å². The summed E-state index contributed by atoms with van der Waals surface area (Å²) in [6.45, 7) is 0.994. The van der Waals surface area contributed by atoms with E-state index in [1.54, 1.807) is 12.1 Å². The van der Waals surface area contributed by atoms with Gasteiger partial charge in [0.05, 0.1) is 16.8 Å². The lowest BCUT2D eigenvalue weighted by atomic mass is 10.2. The van der Waals surface area contributed by atoms with Crippen molar-refractivity contribution in [3.8, 4) is 0 Å². The lowest BCUT2D eigenvalue weighted by molar-refractivity contribution is 0.294. The molecule has 0 aliphatic carbocycles. The summed E-state index contributed by atoms with van der Waals surface area (Å²) in [7, 11) is -6.82. The predicted octanol–water partition coefficient (Wildman–Crippen LogP) is -0.110. The Morgan fingerprint density at radius 2 is 1.68 bits per heavy atom. The fraction of sp³-hybridized carbons (Fsp3) is 0.455. The van der Waals surface area contributed by atoms with Crippen molar-refractivity contribution in [3.05, 3.63) is 29.8 Å². The molecule has 0 bridgehead atoms. The van der Waals surface area contributed by atoms with E-state index >= 15 is 0 Å². The highest BCUT2D eigenvalue weighted by Gasteiger charge is 2.19. The van der Waals surface area contributed by atoms with Crippen molar-refractivity contribution >= 4 is 19.9 Å². The Labute approximate surface area is 113 Å². The van der Waals surface area contributed by atoms with Crippen molar-refractivity contribution < 1.29 is 21.9 Å². The Morgan fingerprint density at radius 1 is 1.16 bits per heavy atom. The zero-order valence-electron chi connectivity index (χ0n) is 10.7.